The van der Waals surface area contributed by atoms with Crippen molar-refractivity contribution in [3.63, 3.8) is 0 Å². The van der Waals surface area contributed by atoms with Crippen LogP contribution >= 0.6 is 11.3 Å². The Kier molecular flexibility index (Phi) is 5.71. The molecule has 8 heteroatoms. The molecular formula is C16H22N4O3S. The first-order valence-corrected chi connectivity index (χ1v) is 8.64. The lowest BCUT2D eigenvalue weighted by Gasteiger charge is -2.24. The molecule has 0 radical (unpaired) electrons. The van der Waals surface area contributed by atoms with Crippen LogP contribution in [-0.4, -0.2) is 34.0 Å². The number of thiophene rings is 1. The van der Waals surface area contributed by atoms with Crippen molar-refractivity contribution in [2.45, 2.75) is 45.6 Å². The van der Waals surface area contributed by atoms with Crippen LogP contribution in [0.5, 0.6) is 0 Å². The fourth-order valence-electron chi connectivity index (χ4n) is 1.92. The van der Waals surface area contributed by atoms with E-state index in [-0.39, 0.29) is 17.7 Å². The third-order valence-electron chi connectivity index (χ3n) is 3.35. The predicted molar refractivity (Wildman–Crippen MR) is 91.0 cm³/mol. The number of carbonyl (C=O) groups excluding carboxylic acids is 2. The molecule has 0 aliphatic heterocycles. The van der Waals surface area contributed by atoms with Gasteiger partial charge >= 0.3 is 0 Å². The fraction of sp³-hybridized carbons (Fsp3) is 0.500. The second kappa shape index (κ2) is 7.57. The van der Waals surface area contributed by atoms with Gasteiger partial charge in [-0.3, -0.25) is 9.59 Å². The van der Waals surface area contributed by atoms with E-state index in [9.17, 15) is 9.59 Å². The average Bonchev–Trinajstić information content (AvgIpc) is 3.18. The van der Waals surface area contributed by atoms with Gasteiger partial charge in [0.05, 0.1) is 4.88 Å². The molecular weight excluding hydrogens is 328 g/mol. The summed E-state index contributed by atoms with van der Waals surface area (Å²) in [4.78, 5) is 29.2. The van der Waals surface area contributed by atoms with Crippen molar-refractivity contribution in [2.75, 3.05) is 6.54 Å². The third-order valence-corrected chi connectivity index (χ3v) is 4.22. The van der Waals surface area contributed by atoms with Crippen molar-refractivity contribution < 1.29 is 14.1 Å². The van der Waals surface area contributed by atoms with Crippen LogP contribution in [-0.2, 0) is 11.2 Å². The summed E-state index contributed by atoms with van der Waals surface area (Å²) in [6, 6.07) is 3.51. The molecule has 0 unspecified atom stereocenters. The fourth-order valence-corrected chi connectivity index (χ4v) is 2.54. The van der Waals surface area contributed by atoms with Gasteiger partial charge in [0.1, 0.15) is 5.54 Å². The maximum Gasteiger partial charge on any atom is 0.262 e. The number of aromatic nitrogens is 2. The number of carbonyl (C=O) groups is 2. The molecule has 0 saturated heterocycles. The van der Waals surface area contributed by atoms with Crippen LogP contribution in [0.25, 0.3) is 0 Å². The highest BCUT2D eigenvalue weighted by atomic mass is 32.1. The largest absolute Gasteiger partial charge is 0.354 e. The van der Waals surface area contributed by atoms with E-state index in [0.29, 0.717) is 29.6 Å². The van der Waals surface area contributed by atoms with Crippen LogP contribution < -0.4 is 10.6 Å². The Labute approximate surface area is 144 Å². The molecule has 7 nitrogen and oxygen atoms in total. The summed E-state index contributed by atoms with van der Waals surface area (Å²) in [5.41, 5.74) is -1.01. The average molecular weight is 350 g/mol. The molecule has 0 aromatic carbocycles. The van der Waals surface area contributed by atoms with E-state index < -0.39 is 5.54 Å². The molecule has 0 saturated carbocycles. The molecule has 24 heavy (non-hydrogen) atoms. The Balaban J connectivity index is 1.82. The number of amides is 2. The van der Waals surface area contributed by atoms with Gasteiger partial charge in [-0.2, -0.15) is 4.98 Å². The van der Waals surface area contributed by atoms with Gasteiger partial charge in [-0.1, -0.05) is 25.1 Å². The molecule has 0 aliphatic carbocycles. The molecule has 0 spiro atoms. The Bertz CT molecular complexity index is 692. The van der Waals surface area contributed by atoms with Crippen molar-refractivity contribution >= 4 is 23.2 Å². The summed E-state index contributed by atoms with van der Waals surface area (Å²) < 4.78 is 5.12. The van der Waals surface area contributed by atoms with Crippen LogP contribution in [0.3, 0.4) is 0 Å². The Morgan fingerprint density at radius 1 is 1.38 bits per heavy atom. The minimum Gasteiger partial charge on any atom is -0.354 e. The van der Waals surface area contributed by atoms with Crippen LogP contribution in [0, 0.1) is 0 Å². The van der Waals surface area contributed by atoms with Crippen molar-refractivity contribution in [1.29, 1.82) is 0 Å². The normalized spacial score (nSPS) is 11.5. The molecule has 0 aliphatic rings. The molecule has 0 fully saturated rings. The number of hydrogen-bond donors (Lipinski definition) is 2. The highest BCUT2D eigenvalue weighted by Gasteiger charge is 2.29. The second-order valence-corrected chi connectivity index (χ2v) is 7.21. The summed E-state index contributed by atoms with van der Waals surface area (Å²) >= 11 is 1.33. The molecule has 2 N–H and O–H groups in total. The molecule has 2 rings (SSSR count). The number of hydrogen-bond acceptors (Lipinski definition) is 6. The van der Waals surface area contributed by atoms with Gasteiger partial charge in [0, 0.05) is 18.9 Å². The van der Waals surface area contributed by atoms with E-state index >= 15 is 0 Å². The van der Waals surface area contributed by atoms with Gasteiger partial charge in [0.15, 0.2) is 5.82 Å². The Morgan fingerprint density at radius 2 is 2.12 bits per heavy atom. The predicted octanol–water partition coefficient (Wildman–Crippen LogP) is 2.12. The lowest BCUT2D eigenvalue weighted by atomic mass is 10.0. The topological polar surface area (TPSA) is 97.1 Å². The van der Waals surface area contributed by atoms with E-state index in [0.717, 1.165) is 0 Å². The van der Waals surface area contributed by atoms with E-state index in [1.54, 1.807) is 26.0 Å². The van der Waals surface area contributed by atoms with Gasteiger partial charge in [-0.15, -0.1) is 11.3 Å². The Hall–Kier alpha value is -2.22. The summed E-state index contributed by atoms with van der Waals surface area (Å²) in [5.74, 6) is 0.788. The highest BCUT2D eigenvalue weighted by Crippen LogP contribution is 2.12. The first-order valence-electron chi connectivity index (χ1n) is 7.76. The highest BCUT2D eigenvalue weighted by molar-refractivity contribution is 7.12. The van der Waals surface area contributed by atoms with E-state index in [1.165, 1.54) is 11.3 Å². The molecule has 2 amide bonds. The molecule has 2 heterocycles. The smallest absolute Gasteiger partial charge is 0.262 e. The van der Waals surface area contributed by atoms with Crippen molar-refractivity contribution in [2.24, 2.45) is 0 Å². The quantitative estimate of drug-likeness (QED) is 0.797. The van der Waals surface area contributed by atoms with Crippen molar-refractivity contribution in [3.8, 4) is 0 Å². The van der Waals surface area contributed by atoms with Crippen LogP contribution in [0.1, 0.15) is 55.0 Å². The second-order valence-electron chi connectivity index (χ2n) is 6.27. The van der Waals surface area contributed by atoms with Crippen LogP contribution in [0.4, 0.5) is 0 Å². The summed E-state index contributed by atoms with van der Waals surface area (Å²) in [5, 5.41) is 11.2. The molecule has 0 bridgehead atoms. The van der Waals surface area contributed by atoms with Gasteiger partial charge in [0.25, 0.3) is 5.91 Å². The summed E-state index contributed by atoms with van der Waals surface area (Å²) in [6.45, 7) is 7.64. The number of nitrogens with one attached hydrogen (secondary N) is 2. The Morgan fingerprint density at radius 3 is 2.71 bits per heavy atom. The van der Waals surface area contributed by atoms with Gasteiger partial charge in [-0.25, -0.2) is 0 Å². The minimum atomic E-state index is -1.01. The molecule has 2 aromatic rings. The van der Waals surface area contributed by atoms with Crippen molar-refractivity contribution in [1.82, 2.24) is 20.8 Å². The zero-order chi connectivity index (χ0) is 17.7. The molecule has 2 aromatic heterocycles. The molecule has 0 atom stereocenters. The lowest BCUT2D eigenvalue weighted by molar-refractivity contribution is -0.126. The van der Waals surface area contributed by atoms with E-state index in [2.05, 4.69) is 20.8 Å². The first-order chi connectivity index (χ1) is 11.3. The summed E-state index contributed by atoms with van der Waals surface area (Å²) in [6.07, 6.45) is 0.469. The maximum atomic E-state index is 12.3. The molecule has 130 valence electrons. The van der Waals surface area contributed by atoms with Gasteiger partial charge < -0.3 is 15.2 Å². The third kappa shape index (κ3) is 4.64. The summed E-state index contributed by atoms with van der Waals surface area (Å²) in [7, 11) is 0. The standard InChI is InChI=1S/C16H22N4O3S/c1-10(2)14-18-12(20-23-14)7-8-17-15(22)16(3,4)19-13(21)11-6-5-9-24-11/h5-6,9-10H,7-8H2,1-4H3,(H,17,22)(H,19,21). The maximum absolute atomic E-state index is 12.3. The van der Waals surface area contributed by atoms with Crippen LogP contribution in [0.2, 0.25) is 0 Å². The number of nitrogens with zero attached hydrogens (tertiary/aromatic N) is 2. The SMILES string of the molecule is CC(C)c1nc(CCNC(=O)C(C)(C)NC(=O)c2cccs2)no1. The van der Waals surface area contributed by atoms with Gasteiger partial charge in [0.2, 0.25) is 11.8 Å². The minimum absolute atomic E-state index is 0.173. The lowest BCUT2D eigenvalue weighted by Crippen LogP contribution is -2.54. The van der Waals surface area contributed by atoms with E-state index in [4.69, 9.17) is 4.52 Å². The van der Waals surface area contributed by atoms with E-state index in [1.807, 2.05) is 19.2 Å². The van der Waals surface area contributed by atoms with Crippen molar-refractivity contribution in [3.05, 3.63) is 34.1 Å². The zero-order valence-corrected chi connectivity index (χ0v) is 15.1. The monoisotopic (exact) mass is 350 g/mol. The first kappa shape index (κ1) is 18.1. The number of rotatable bonds is 7. The van der Waals surface area contributed by atoms with Crippen LogP contribution in [0.15, 0.2) is 22.0 Å². The zero-order valence-electron chi connectivity index (χ0n) is 14.3. The van der Waals surface area contributed by atoms with Gasteiger partial charge in [-0.05, 0) is 25.3 Å².